The van der Waals surface area contributed by atoms with Crippen molar-refractivity contribution in [2.75, 3.05) is 46.0 Å². The molecule has 0 atom stereocenters. The molecule has 0 rings (SSSR count). The number of thiocarbonyl (C=S) groups is 1. The van der Waals surface area contributed by atoms with Gasteiger partial charge in [0.1, 0.15) is 0 Å². The molecule has 0 saturated heterocycles. The summed E-state index contributed by atoms with van der Waals surface area (Å²) in [6, 6.07) is 0. The summed E-state index contributed by atoms with van der Waals surface area (Å²) >= 11 is 9.14. The third-order valence-electron chi connectivity index (χ3n) is 2.25. The van der Waals surface area contributed by atoms with Crippen LogP contribution in [0.2, 0.25) is 0 Å². The Bertz CT molecular complexity index is 162. The molecule has 0 saturated carbocycles. The van der Waals surface area contributed by atoms with E-state index in [0.717, 1.165) is 0 Å². The Hall–Kier alpha value is -0.0100. The topological polar surface area (TPSA) is 45.9 Å². The minimum atomic E-state index is 0.0539. The first kappa shape index (κ1) is 19.3. The fraction of sp³-hybridized carbons (Fsp3) is 0.909. The molecular formula is C11H26N2O2S2. The molecule has 4 nitrogen and oxygen atoms in total. The highest BCUT2D eigenvalue weighted by atomic mass is 32.1. The van der Waals surface area contributed by atoms with Gasteiger partial charge in [-0.05, 0) is 20.8 Å². The second-order valence-electron chi connectivity index (χ2n) is 3.36. The van der Waals surface area contributed by atoms with E-state index < -0.39 is 0 Å². The van der Waals surface area contributed by atoms with Crippen molar-refractivity contribution < 1.29 is 14.7 Å². The third kappa shape index (κ3) is 18.5. The Labute approximate surface area is 116 Å². The van der Waals surface area contributed by atoms with Gasteiger partial charge in [-0.15, -0.1) is 0 Å². The van der Waals surface area contributed by atoms with E-state index in [1.807, 2.05) is 0 Å². The van der Waals surface area contributed by atoms with Crippen LogP contribution in [0.15, 0.2) is 0 Å². The van der Waals surface area contributed by atoms with Crippen LogP contribution in [0.25, 0.3) is 0 Å². The van der Waals surface area contributed by atoms with Crippen LogP contribution in [-0.2, 0) is 17.4 Å². The molecular weight excluding hydrogens is 256 g/mol. The Balaban J connectivity index is 0. The second-order valence-corrected chi connectivity index (χ2v) is 4.44. The van der Waals surface area contributed by atoms with Crippen LogP contribution in [0.1, 0.15) is 20.8 Å². The number of aliphatic hydroxyl groups is 1. The van der Waals surface area contributed by atoms with Gasteiger partial charge in [0.15, 0.2) is 0 Å². The highest BCUT2D eigenvalue weighted by Gasteiger charge is 1.92. The summed E-state index contributed by atoms with van der Waals surface area (Å²) in [6.45, 7) is 12.0. The van der Waals surface area contributed by atoms with Gasteiger partial charge >= 0.3 is 0 Å². The maximum absolute atomic E-state index is 8.28. The van der Waals surface area contributed by atoms with Gasteiger partial charge in [-0.2, -0.15) is 0 Å². The summed E-state index contributed by atoms with van der Waals surface area (Å²) in [5.74, 6) is 0. The first-order chi connectivity index (χ1) is 8.12. The molecule has 0 aromatic heterocycles. The molecule has 0 aliphatic carbocycles. The van der Waals surface area contributed by atoms with Gasteiger partial charge in [0.25, 0.3) is 0 Å². The van der Waals surface area contributed by atoms with Crippen molar-refractivity contribution in [1.82, 2.24) is 5.32 Å². The lowest BCUT2D eigenvalue weighted by molar-refractivity contribution is -0.894. The lowest BCUT2D eigenvalue weighted by Crippen LogP contribution is -3.11. The molecule has 104 valence electrons. The average Bonchev–Trinajstić information content (AvgIpc) is 2.31. The van der Waals surface area contributed by atoms with E-state index in [0.29, 0.717) is 24.1 Å². The number of hydrogen-bond donors (Lipinski definition) is 3. The van der Waals surface area contributed by atoms with E-state index in [1.54, 1.807) is 4.90 Å². The zero-order valence-electron chi connectivity index (χ0n) is 11.1. The van der Waals surface area contributed by atoms with E-state index in [2.05, 4.69) is 50.9 Å². The van der Waals surface area contributed by atoms with E-state index in [9.17, 15) is 0 Å². The molecule has 0 bridgehead atoms. The fourth-order valence-corrected chi connectivity index (χ4v) is 1.35. The number of quaternary nitrogens is 1. The van der Waals surface area contributed by atoms with Crippen molar-refractivity contribution in [1.29, 1.82) is 0 Å². The number of nitrogens with one attached hydrogen (secondary N) is 2. The van der Waals surface area contributed by atoms with Gasteiger partial charge in [-0.1, -0.05) is 4.32 Å². The number of hydrogen-bond acceptors (Lipinski definition) is 4. The summed E-state index contributed by atoms with van der Waals surface area (Å²) in [7, 11) is 0. The first-order valence-electron chi connectivity index (χ1n) is 6.09. The highest BCUT2D eigenvalue weighted by Crippen LogP contribution is 1.71. The van der Waals surface area contributed by atoms with Crippen molar-refractivity contribution in [2.24, 2.45) is 0 Å². The molecule has 0 spiro atoms. The molecule has 0 radical (unpaired) electrons. The predicted octanol–water partition coefficient (Wildman–Crippen LogP) is -0.652. The van der Waals surface area contributed by atoms with E-state index in [4.69, 9.17) is 9.84 Å². The van der Waals surface area contributed by atoms with Gasteiger partial charge in [0, 0.05) is 6.54 Å². The molecule has 0 aliphatic rings. The number of rotatable bonds is 8. The quantitative estimate of drug-likeness (QED) is 0.314. The van der Waals surface area contributed by atoms with Crippen LogP contribution in [0.5, 0.6) is 0 Å². The van der Waals surface area contributed by atoms with Crippen LogP contribution in [0.4, 0.5) is 0 Å². The number of ether oxygens (including phenoxy) is 1. The minimum absolute atomic E-state index is 0.0539. The van der Waals surface area contributed by atoms with Crippen molar-refractivity contribution in [3.05, 3.63) is 0 Å². The molecule has 17 heavy (non-hydrogen) atoms. The molecule has 0 aliphatic heterocycles. The van der Waals surface area contributed by atoms with E-state index >= 15 is 0 Å². The molecule has 0 fully saturated rings. The summed E-state index contributed by atoms with van der Waals surface area (Å²) < 4.78 is 5.27. The largest absolute Gasteiger partial charge is 0.412 e. The normalized spacial score (nSPS) is 9.71. The lowest BCUT2D eigenvalue weighted by Gasteiger charge is -2.10. The van der Waals surface area contributed by atoms with Gasteiger partial charge in [-0.25, -0.2) is 0 Å². The Morgan fingerprint density at radius 2 is 1.76 bits per heavy atom. The second kappa shape index (κ2) is 16.0. The summed E-state index contributed by atoms with van der Waals surface area (Å²) in [5, 5.41) is 11.0. The first-order valence-corrected chi connectivity index (χ1v) is 6.90. The van der Waals surface area contributed by atoms with Gasteiger partial charge in [0.05, 0.1) is 39.5 Å². The lowest BCUT2D eigenvalue weighted by atomic mass is 10.5. The van der Waals surface area contributed by atoms with Crippen molar-refractivity contribution in [3.8, 4) is 0 Å². The summed E-state index contributed by atoms with van der Waals surface area (Å²) in [6.07, 6.45) is 0. The van der Waals surface area contributed by atoms with Gasteiger partial charge in [-0.3, -0.25) is 0 Å². The molecule has 0 aromatic carbocycles. The molecule has 0 amide bonds. The van der Waals surface area contributed by atoms with Crippen LogP contribution in [-0.4, -0.2) is 55.4 Å². The summed E-state index contributed by atoms with van der Waals surface area (Å²) in [4.78, 5) is 1.68. The van der Waals surface area contributed by atoms with Crippen LogP contribution >= 0.6 is 12.2 Å². The predicted molar refractivity (Wildman–Crippen MR) is 78.5 cm³/mol. The monoisotopic (exact) mass is 282 g/mol. The van der Waals surface area contributed by atoms with Crippen LogP contribution < -0.4 is 10.2 Å². The van der Waals surface area contributed by atoms with Crippen molar-refractivity contribution >= 4 is 29.2 Å². The highest BCUT2D eigenvalue weighted by molar-refractivity contribution is 8.00. The van der Waals surface area contributed by atoms with Crippen molar-refractivity contribution in [3.63, 3.8) is 0 Å². The Kier molecular flexibility index (Phi) is 18.2. The molecule has 0 aromatic rings. The Morgan fingerprint density at radius 1 is 1.24 bits per heavy atom. The third-order valence-corrected chi connectivity index (χ3v) is 2.54. The number of aliphatic hydroxyl groups excluding tert-OH is 1. The standard InChI is InChI=1S/C6H15N.C5H11NO2S2/c1-4-7(5-2)6-3;7-2-4-8-3-1-6-5(9)10/h4-6H2,1-3H3;7H,1-4H2,(H2,6,9,10). The molecule has 3 N–H and O–H groups in total. The van der Waals surface area contributed by atoms with E-state index in [1.165, 1.54) is 19.6 Å². The maximum atomic E-state index is 8.28. The zero-order chi connectivity index (χ0) is 13.5. The fourth-order valence-electron chi connectivity index (χ4n) is 1.14. The van der Waals surface area contributed by atoms with Gasteiger partial charge in [0.2, 0.25) is 0 Å². The van der Waals surface area contributed by atoms with Crippen molar-refractivity contribution in [2.45, 2.75) is 20.8 Å². The Morgan fingerprint density at radius 3 is 2.06 bits per heavy atom. The average molecular weight is 282 g/mol. The molecule has 0 unspecified atom stereocenters. The molecule has 6 heteroatoms. The smallest absolute Gasteiger partial charge is 0.0742 e. The SMILES string of the molecule is CC[NH+](CC)CC.OCCOCCNC(=S)[S-]. The van der Waals surface area contributed by atoms with Crippen LogP contribution in [0, 0.1) is 0 Å². The van der Waals surface area contributed by atoms with E-state index in [-0.39, 0.29) is 6.61 Å². The summed E-state index contributed by atoms with van der Waals surface area (Å²) in [5.41, 5.74) is 0. The molecule has 0 heterocycles. The van der Waals surface area contributed by atoms with Gasteiger partial charge < -0.3 is 44.9 Å². The van der Waals surface area contributed by atoms with Crippen LogP contribution in [0.3, 0.4) is 0 Å². The zero-order valence-corrected chi connectivity index (χ0v) is 12.8. The minimum Gasteiger partial charge on any atom is -0.412 e. The maximum Gasteiger partial charge on any atom is 0.0742 e.